The fourth-order valence-electron chi connectivity index (χ4n) is 1.40. The molecule has 0 saturated heterocycles. The Hall–Kier alpha value is -1.55. The Bertz CT molecular complexity index is 417. The maximum atomic E-state index is 5.33. The molecule has 2 rings (SSSR count). The smallest absolute Gasteiger partial charge is 0.181 e. The van der Waals surface area contributed by atoms with Crippen molar-refractivity contribution in [3.8, 4) is 11.3 Å². The molecule has 0 atom stereocenters. The molecular formula is C10H12N2O2. The summed E-state index contributed by atoms with van der Waals surface area (Å²) in [5, 5.41) is 3.04. The lowest BCUT2D eigenvalue weighted by Gasteiger charge is -1.98. The number of aryl methyl sites for hydroxylation is 1. The number of hydrogen-bond acceptors (Lipinski definition) is 4. The van der Waals surface area contributed by atoms with E-state index in [-0.39, 0.29) is 0 Å². The summed E-state index contributed by atoms with van der Waals surface area (Å²) < 4.78 is 10.5. The third-order valence-corrected chi connectivity index (χ3v) is 2.09. The van der Waals surface area contributed by atoms with Crippen LogP contribution in [0.3, 0.4) is 0 Å². The van der Waals surface area contributed by atoms with Crippen molar-refractivity contribution >= 4 is 0 Å². The molecule has 4 heteroatoms. The zero-order chi connectivity index (χ0) is 9.97. The second-order valence-electron chi connectivity index (χ2n) is 3.05. The fourth-order valence-corrected chi connectivity index (χ4v) is 1.40. The Balaban J connectivity index is 2.41. The highest BCUT2D eigenvalue weighted by Crippen LogP contribution is 2.26. The maximum absolute atomic E-state index is 5.33. The Kier molecular flexibility index (Phi) is 2.37. The van der Waals surface area contributed by atoms with Crippen LogP contribution in [0.15, 0.2) is 27.6 Å². The van der Waals surface area contributed by atoms with Gasteiger partial charge in [-0.15, -0.1) is 0 Å². The summed E-state index contributed by atoms with van der Waals surface area (Å²) in [6.45, 7) is 2.59. The molecule has 0 aliphatic carbocycles. The van der Waals surface area contributed by atoms with E-state index in [1.165, 1.54) is 6.39 Å². The molecule has 0 aliphatic rings. The molecule has 2 heterocycles. The van der Waals surface area contributed by atoms with E-state index in [2.05, 4.69) is 10.3 Å². The Morgan fingerprint density at radius 2 is 2.29 bits per heavy atom. The molecule has 0 amide bonds. The average Bonchev–Trinajstić information content (AvgIpc) is 2.74. The first-order valence-electron chi connectivity index (χ1n) is 4.44. The topological polar surface area (TPSA) is 51.2 Å². The third-order valence-electron chi connectivity index (χ3n) is 2.09. The van der Waals surface area contributed by atoms with Gasteiger partial charge in [0, 0.05) is 6.54 Å². The maximum Gasteiger partial charge on any atom is 0.181 e. The van der Waals surface area contributed by atoms with Gasteiger partial charge in [0.05, 0.1) is 11.8 Å². The van der Waals surface area contributed by atoms with Crippen LogP contribution in [-0.4, -0.2) is 12.0 Å². The predicted octanol–water partition coefficient (Wildman–Crippen LogP) is 1.96. The van der Waals surface area contributed by atoms with Crippen LogP contribution in [-0.2, 0) is 6.54 Å². The van der Waals surface area contributed by atoms with E-state index in [0.717, 1.165) is 22.8 Å². The van der Waals surface area contributed by atoms with E-state index >= 15 is 0 Å². The van der Waals surface area contributed by atoms with Gasteiger partial charge < -0.3 is 14.2 Å². The van der Waals surface area contributed by atoms with E-state index in [4.69, 9.17) is 8.83 Å². The Morgan fingerprint density at radius 3 is 2.93 bits per heavy atom. The number of furan rings is 1. The summed E-state index contributed by atoms with van der Waals surface area (Å²) in [6.07, 6.45) is 3.10. The molecule has 2 aromatic heterocycles. The monoisotopic (exact) mass is 192 g/mol. The van der Waals surface area contributed by atoms with Crippen molar-refractivity contribution < 1.29 is 8.83 Å². The molecule has 0 radical (unpaired) electrons. The van der Waals surface area contributed by atoms with Crippen LogP contribution in [0.2, 0.25) is 0 Å². The van der Waals surface area contributed by atoms with Crippen LogP contribution in [0.5, 0.6) is 0 Å². The minimum absolute atomic E-state index is 0.691. The lowest BCUT2D eigenvalue weighted by Crippen LogP contribution is -2.06. The van der Waals surface area contributed by atoms with Crippen molar-refractivity contribution in [2.45, 2.75) is 13.5 Å². The normalized spacial score (nSPS) is 10.7. The van der Waals surface area contributed by atoms with Gasteiger partial charge in [0.15, 0.2) is 12.2 Å². The third kappa shape index (κ3) is 1.44. The molecule has 14 heavy (non-hydrogen) atoms. The molecule has 0 spiro atoms. The predicted molar refractivity (Wildman–Crippen MR) is 51.7 cm³/mol. The summed E-state index contributed by atoms with van der Waals surface area (Å²) in [5.41, 5.74) is 1.87. The standard InChI is InChI=1S/C10H12N2O2/c1-7-8(3-4-13-7)10-9(5-11-2)12-6-14-10/h3-4,6,11H,5H2,1-2H3. The van der Waals surface area contributed by atoms with Gasteiger partial charge in [-0.25, -0.2) is 4.98 Å². The highest BCUT2D eigenvalue weighted by Gasteiger charge is 2.13. The molecule has 4 nitrogen and oxygen atoms in total. The second kappa shape index (κ2) is 3.67. The lowest BCUT2D eigenvalue weighted by molar-refractivity contribution is 0.529. The van der Waals surface area contributed by atoms with Gasteiger partial charge >= 0.3 is 0 Å². The summed E-state index contributed by atoms with van der Waals surface area (Å²) in [7, 11) is 1.88. The number of nitrogens with zero attached hydrogens (tertiary/aromatic N) is 1. The fraction of sp³-hybridized carbons (Fsp3) is 0.300. The van der Waals surface area contributed by atoms with Gasteiger partial charge in [-0.1, -0.05) is 0 Å². The summed E-state index contributed by atoms with van der Waals surface area (Å²) >= 11 is 0. The van der Waals surface area contributed by atoms with Crippen molar-refractivity contribution in [3.05, 3.63) is 30.2 Å². The van der Waals surface area contributed by atoms with Crippen molar-refractivity contribution in [2.75, 3.05) is 7.05 Å². The Labute approximate surface area is 81.9 Å². The quantitative estimate of drug-likeness (QED) is 0.807. The number of aromatic nitrogens is 1. The molecule has 0 saturated carbocycles. The number of hydrogen-bond donors (Lipinski definition) is 1. The van der Waals surface area contributed by atoms with Crippen LogP contribution in [0.4, 0.5) is 0 Å². The molecule has 2 aromatic rings. The van der Waals surface area contributed by atoms with Crippen molar-refractivity contribution in [2.24, 2.45) is 0 Å². The van der Waals surface area contributed by atoms with Gasteiger partial charge in [0.1, 0.15) is 11.5 Å². The summed E-state index contributed by atoms with van der Waals surface area (Å²) in [4.78, 5) is 4.13. The molecule has 0 fully saturated rings. The number of nitrogens with one attached hydrogen (secondary N) is 1. The van der Waals surface area contributed by atoms with Crippen molar-refractivity contribution in [1.29, 1.82) is 0 Å². The van der Waals surface area contributed by atoms with E-state index in [1.54, 1.807) is 6.26 Å². The van der Waals surface area contributed by atoms with Gasteiger partial charge in [-0.3, -0.25) is 0 Å². The van der Waals surface area contributed by atoms with E-state index in [9.17, 15) is 0 Å². The molecule has 0 unspecified atom stereocenters. The summed E-state index contributed by atoms with van der Waals surface area (Å²) in [5.74, 6) is 1.63. The molecule has 0 bridgehead atoms. The second-order valence-corrected chi connectivity index (χ2v) is 3.05. The van der Waals surface area contributed by atoms with Crippen molar-refractivity contribution in [3.63, 3.8) is 0 Å². The summed E-state index contributed by atoms with van der Waals surface area (Å²) in [6, 6.07) is 1.88. The van der Waals surface area contributed by atoms with E-state index in [1.807, 2.05) is 20.0 Å². The minimum Gasteiger partial charge on any atom is -0.469 e. The molecular weight excluding hydrogens is 180 g/mol. The van der Waals surface area contributed by atoms with Gasteiger partial charge in [-0.05, 0) is 20.0 Å². The molecule has 0 aliphatic heterocycles. The number of oxazole rings is 1. The first kappa shape index (κ1) is 9.02. The van der Waals surface area contributed by atoms with E-state index < -0.39 is 0 Å². The number of rotatable bonds is 3. The van der Waals surface area contributed by atoms with Gasteiger partial charge in [0.2, 0.25) is 0 Å². The van der Waals surface area contributed by atoms with Crippen LogP contribution >= 0.6 is 0 Å². The van der Waals surface area contributed by atoms with Gasteiger partial charge in [-0.2, -0.15) is 0 Å². The first-order chi connectivity index (χ1) is 6.83. The highest BCUT2D eigenvalue weighted by molar-refractivity contribution is 5.61. The molecule has 74 valence electrons. The first-order valence-corrected chi connectivity index (χ1v) is 4.44. The minimum atomic E-state index is 0.691. The molecule has 1 N–H and O–H groups in total. The zero-order valence-electron chi connectivity index (χ0n) is 8.20. The van der Waals surface area contributed by atoms with Crippen LogP contribution in [0, 0.1) is 6.92 Å². The SMILES string of the molecule is CNCc1ncoc1-c1ccoc1C. The van der Waals surface area contributed by atoms with E-state index in [0.29, 0.717) is 6.54 Å². The van der Waals surface area contributed by atoms with Crippen molar-refractivity contribution in [1.82, 2.24) is 10.3 Å². The average molecular weight is 192 g/mol. The largest absolute Gasteiger partial charge is 0.469 e. The van der Waals surface area contributed by atoms with Gasteiger partial charge in [0.25, 0.3) is 0 Å². The zero-order valence-corrected chi connectivity index (χ0v) is 8.20. The Morgan fingerprint density at radius 1 is 1.43 bits per heavy atom. The highest BCUT2D eigenvalue weighted by atomic mass is 16.3. The lowest BCUT2D eigenvalue weighted by atomic mass is 10.1. The van der Waals surface area contributed by atoms with Crippen LogP contribution < -0.4 is 5.32 Å². The van der Waals surface area contributed by atoms with Crippen LogP contribution in [0.1, 0.15) is 11.5 Å². The van der Waals surface area contributed by atoms with Crippen LogP contribution in [0.25, 0.3) is 11.3 Å². The molecule has 0 aromatic carbocycles.